The third-order valence-corrected chi connectivity index (χ3v) is 2.78. The Kier molecular flexibility index (Phi) is 6.50. The maximum atomic E-state index is 5.56. The summed E-state index contributed by atoms with van der Waals surface area (Å²) in [6, 6.07) is 1.90. The Hall–Kier alpha value is -1.20. The minimum atomic E-state index is 0.0729. The summed E-state index contributed by atoms with van der Waals surface area (Å²) < 4.78 is 5.07. The van der Waals surface area contributed by atoms with E-state index < -0.39 is 0 Å². The molecule has 1 unspecified atom stereocenters. The van der Waals surface area contributed by atoms with Gasteiger partial charge in [-0.3, -0.25) is 11.3 Å². The van der Waals surface area contributed by atoms with Gasteiger partial charge in [0, 0.05) is 6.07 Å². The maximum Gasteiger partial charge on any atom is 0.216 e. The van der Waals surface area contributed by atoms with Gasteiger partial charge in [0.05, 0.1) is 18.8 Å². The summed E-state index contributed by atoms with van der Waals surface area (Å²) in [5, 5.41) is 0. The molecule has 0 radical (unpaired) electrons. The average molecular weight is 238 g/mol. The third kappa shape index (κ3) is 4.66. The number of nitrogens with two attached hydrogens (primary N) is 1. The first-order valence-electron chi connectivity index (χ1n) is 6.13. The van der Waals surface area contributed by atoms with Crippen molar-refractivity contribution >= 4 is 0 Å². The fourth-order valence-electron chi connectivity index (χ4n) is 1.75. The highest BCUT2D eigenvalue weighted by Gasteiger charge is 2.11. The lowest BCUT2D eigenvalue weighted by Crippen LogP contribution is -2.28. The molecule has 0 spiro atoms. The second kappa shape index (κ2) is 7.97. The van der Waals surface area contributed by atoms with Gasteiger partial charge in [-0.2, -0.15) is 0 Å². The summed E-state index contributed by atoms with van der Waals surface area (Å²) in [4.78, 5) is 8.21. The SMILES string of the molecule is CCCCCCC(NN)c1cc(OC)ncn1. The van der Waals surface area contributed by atoms with Crippen LogP contribution in [-0.4, -0.2) is 17.1 Å². The standard InChI is InChI=1S/C12H22N4O/c1-3-4-5-6-7-10(16-13)11-8-12(17-2)15-9-14-11/h8-10,16H,3-7,13H2,1-2H3. The highest BCUT2D eigenvalue weighted by molar-refractivity contribution is 5.16. The molecular weight excluding hydrogens is 216 g/mol. The molecule has 0 fully saturated rings. The summed E-state index contributed by atoms with van der Waals surface area (Å²) in [7, 11) is 1.60. The van der Waals surface area contributed by atoms with Gasteiger partial charge in [-0.1, -0.05) is 32.6 Å². The van der Waals surface area contributed by atoms with Crippen LogP contribution < -0.4 is 16.0 Å². The van der Waals surface area contributed by atoms with Gasteiger partial charge < -0.3 is 4.74 Å². The quantitative estimate of drug-likeness (QED) is 0.411. The Labute approximate surface area is 103 Å². The molecule has 1 rings (SSSR count). The molecule has 5 nitrogen and oxygen atoms in total. The zero-order chi connectivity index (χ0) is 12.5. The van der Waals surface area contributed by atoms with Gasteiger partial charge in [-0.15, -0.1) is 0 Å². The molecule has 0 aliphatic heterocycles. The molecular formula is C12H22N4O. The summed E-state index contributed by atoms with van der Waals surface area (Å²) >= 11 is 0. The van der Waals surface area contributed by atoms with Crippen molar-refractivity contribution in [1.29, 1.82) is 0 Å². The predicted molar refractivity (Wildman–Crippen MR) is 67.4 cm³/mol. The minimum absolute atomic E-state index is 0.0729. The van der Waals surface area contributed by atoms with Gasteiger partial charge >= 0.3 is 0 Å². The van der Waals surface area contributed by atoms with Crippen LogP contribution in [0.25, 0.3) is 0 Å². The van der Waals surface area contributed by atoms with E-state index in [1.54, 1.807) is 7.11 Å². The van der Waals surface area contributed by atoms with Crippen molar-refractivity contribution < 1.29 is 4.74 Å². The summed E-state index contributed by atoms with van der Waals surface area (Å²) in [5.74, 6) is 6.13. The fraction of sp³-hybridized carbons (Fsp3) is 0.667. The average Bonchev–Trinajstić information content (AvgIpc) is 2.39. The third-order valence-electron chi connectivity index (χ3n) is 2.78. The number of hydrogen-bond acceptors (Lipinski definition) is 5. The van der Waals surface area contributed by atoms with Crippen LogP contribution in [0.3, 0.4) is 0 Å². The van der Waals surface area contributed by atoms with E-state index in [1.807, 2.05) is 6.07 Å². The van der Waals surface area contributed by atoms with Crippen LogP contribution in [0.5, 0.6) is 5.88 Å². The van der Waals surface area contributed by atoms with E-state index >= 15 is 0 Å². The second-order valence-electron chi connectivity index (χ2n) is 4.05. The van der Waals surface area contributed by atoms with E-state index in [1.165, 1.54) is 25.6 Å². The highest BCUT2D eigenvalue weighted by atomic mass is 16.5. The molecule has 96 valence electrons. The molecule has 1 atom stereocenters. The first-order chi connectivity index (χ1) is 8.31. The number of rotatable bonds is 8. The van der Waals surface area contributed by atoms with Crippen molar-refractivity contribution in [2.45, 2.75) is 45.1 Å². The van der Waals surface area contributed by atoms with E-state index in [2.05, 4.69) is 22.3 Å². The lowest BCUT2D eigenvalue weighted by molar-refractivity contribution is 0.392. The lowest BCUT2D eigenvalue weighted by Gasteiger charge is -2.15. The van der Waals surface area contributed by atoms with Crippen LogP contribution in [-0.2, 0) is 0 Å². The molecule has 0 amide bonds. The molecule has 0 saturated carbocycles. The van der Waals surface area contributed by atoms with Gasteiger partial charge in [0.25, 0.3) is 0 Å². The van der Waals surface area contributed by atoms with Gasteiger partial charge in [-0.25, -0.2) is 9.97 Å². The van der Waals surface area contributed by atoms with Gasteiger partial charge in [0.1, 0.15) is 6.33 Å². The number of hydrogen-bond donors (Lipinski definition) is 2. The van der Waals surface area contributed by atoms with Crippen molar-refractivity contribution in [3.63, 3.8) is 0 Å². The summed E-state index contributed by atoms with van der Waals surface area (Å²) in [6.07, 6.45) is 7.37. The van der Waals surface area contributed by atoms with Crippen molar-refractivity contribution in [1.82, 2.24) is 15.4 Å². The normalized spacial score (nSPS) is 12.4. The van der Waals surface area contributed by atoms with E-state index in [0.717, 1.165) is 18.5 Å². The molecule has 0 bridgehead atoms. The number of hydrazine groups is 1. The Morgan fingerprint density at radius 1 is 1.35 bits per heavy atom. The monoisotopic (exact) mass is 238 g/mol. The number of methoxy groups -OCH3 is 1. The van der Waals surface area contributed by atoms with Crippen LogP contribution in [0.4, 0.5) is 0 Å². The first kappa shape index (κ1) is 13.9. The number of unbranched alkanes of at least 4 members (excludes halogenated alkanes) is 3. The largest absolute Gasteiger partial charge is 0.481 e. The van der Waals surface area contributed by atoms with Crippen LogP contribution in [0.1, 0.15) is 50.8 Å². The summed E-state index contributed by atoms with van der Waals surface area (Å²) in [5.41, 5.74) is 3.69. The van der Waals surface area contributed by atoms with Crippen molar-refractivity contribution in [2.24, 2.45) is 5.84 Å². The topological polar surface area (TPSA) is 73.1 Å². The Balaban J connectivity index is 2.53. The van der Waals surface area contributed by atoms with E-state index in [0.29, 0.717) is 5.88 Å². The molecule has 0 aliphatic carbocycles. The predicted octanol–water partition coefficient (Wildman–Crippen LogP) is 1.96. The van der Waals surface area contributed by atoms with Gasteiger partial charge in [0.2, 0.25) is 5.88 Å². The number of nitrogens with one attached hydrogen (secondary N) is 1. The highest BCUT2D eigenvalue weighted by Crippen LogP contribution is 2.19. The van der Waals surface area contributed by atoms with E-state index in [-0.39, 0.29) is 6.04 Å². The van der Waals surface area contributed by atoms with Gasteiger partial charge in [-0.05, 0) is 6.42 Å². The second-order valence-corrected chi connectivity index (χ2v) is 4.05. The molecule has 1 aromatic heterocycles. The number of aromatic nitrogens is 2. The summed E-state index contributed by atoms with van der Waals surface area (Å²) in [6.45, 7) is 2.20. The molecule has 0 aliphatic rings. The lowest BCUT2D eigenvalue weighted by atomic mass is 10.1. The maximum absolute atomic E-state index is 5.56. The van der Waals surface area contributed by atoms with Crippen molar-refractivity contribution in [3.05, 3.63) is 18.1 Å². The first-order valence-corrected chi connectivity index (χ1v) is 6.13. The van der Waals surface area contributed by atoms with Crippen LogP contribution in [0.15, 0.2) is 12.4 Å². The molecule has 5 heteroatoms. The van der Waals surface area contributed by atoms with Crippen molar-refractivity contribution in [3.8, 4) is 5.88 Å². The molecule has 1 heterocycles. The molecule has 1 aromatic rings. The molecule has 0 saturated heterocycles. The molecule has 17 heavy (non-hydrogen) atoms. The number of nitrogens with zero attached hydrogens (tertiary/aromatic N) is 2. The van der Waals surface area contributed by atoms with Crippen molar-refractivity contribution in [2.75, 3.05) is 7.11 Å². The minimum Gasteiger partial charge on any atom is -0.481 e. The fourth-order valence-corrected chi connectivity index (χ4v) is 1.75. The molecule has 0 aromatic carbocycles. The Bertz CT molecular complexity index is 319. The number of ether oxygens (including phenoxy) is 1. The van der Waals surface area contributed by atoms with Crippen LogP contribution in [0.2, 0.25) is 0 Å². The smallest absolute Gasteiger partial charge is 0.216 e. The van der Waals surface area contributed by atoms with Crippen LogP contribution >= 0.6 is 0 Å². The van der Waals surface area contributed by atoms with Crippen LogP contribution in [0, 0.1) is 0 Å². The zero-order valence-corrected chi connectivity index (χ0v) is 10.6. The zero-order valence-electron chi connectivity index (χ0n) is 10.6. The van der Waals surface area contributed by atoms with E-state index in [9.17, 15) is 0 Å². The molecule has 3 N–H and O–H groups in total. The Morgan fingerprint density at radius 2 is 2.18 bits per heavy atom. The van der Waals surface area contributed by atoms with Gasteiger partial charge in [0.15, 0.2) is 0 Å². The Morgan fingerprint density at radius 3 is 2.82 bits per heavy atom. The van der Waals surface area contributed by atoms with E-state index in [4.69, 9.17) is 10.6 Å².